The zero-order chi connectivity index (χ0) is 26.8. The number of hydrogen-bond acceptors (Lipinski definition) is 7. The number of fused-ring (bicyclic) bond motifs is 1. The van der Waals surface area contributed by atoms with Crippen molar-refractivity contribution in [1.29, 1.82) is 0 Å². The maximum absolute atomic E-state index is 13.4. The van der Waals surface area contributed by atoms with Crippen molar-refractivity contribution in [3.63, 3.8) is 0 Å². The van der Waals surface area contributed by atoms with Crippen LogP contribution in [0.2, 0.25) is 0 Å². The highest BCUT2D eigenvalue weighted by atomic mass is 16.5. The third kappa shape index (κ3) is 4.81. The second-order valence-electron chi connectivity index (χ2n) is 8.79. The first-order chi connectivity index (χ1) is 18.3. The van der Waals surface area contributed by atoms with Crippen LogP contribution in [-0.2, 0) is 27.2 Å². The number of aryl methyl sites for hydroxylation is 2. The van der Waals surface area contributed by atoms with Crippen LogP contribution in [0.1, 0.15) is 21.5 Å². The lowest BCUT2D eigenvalue weighted by atomic mass is 10.1. The second-order valence-corrected chi connectivity index (χ2v) is 8.79. The van der Waals surface area contributed by atoms with E-state index >= 15 is 0 Å². The number of rotatable bonds is 7. The molecule has 0 aliphatic carbocycles. The Morgan fingerprint density at radius 2 is 1.66 bits per heavy atom. The quantitative estimate of drug-likeness (QED) is 0.354. The summed E-state index contributed by atoms with van der Waals surface area (Å²) in [6.07, 6.45) is 0. The Labute approximate surface area is 216 Å². The van der Waals surface area contributed by atoms with Crippen molar-refractivity contribution in [2.45, 2.75) is 13.1 Å². The standard InChI is InChI=1S/C27H25N7O4/c1-32-23-13-10-20(25(35)28-15-17-6-11-21(38-3)12-7-17)14-22(23)26(36)34(27(32)37)16-18-4-8-19(9-5-18)24-29-31-33(2)30-24/h4-14H,15-16H2,1-3H3,(H,28,35). The first-order valence-corrected chi connectivity index (χ1v) is 11.8. The minimum atomic E-state index is -0.465. The molecular weight excluding hydrogens is 486 g/mol. The van der Waals surface area contributed by atoms with Gasteiger partial charge < -0.3 is 10.1 Å². The van der Waals surface area contributed by atoms with Gasteiger partial charge in [0.2, 0.25) is 5.82 Å². The minimum absolute atomic E-state index is 0.0729. The van der Waals surface area contributed by atoms with E-state index in [1.165, 1.54) is 15.4 Å². The largest absolute Gasteiger partial charge is 0.497 e. The number of carbonyl (C=O) groups excluding carboxylic acids is 1. The molecule has 0 radical (unpaired) electrons. The third-order valence-corrected chi connectivity index (χ3v) is 6.29. The Morgan fingerprint density at radius 3 is 2.32 bits per heavy atom. The first-order valence-electron chi connectivity index (χ1n) is 11.8. The third-order valence-electron chi connectivity index (χ3n) is 6.29. The molecule has 1 amide bonds. The lowest BCUT2D eigenvalue weighted by Crippen LogP contribution is -2.39. The molecule has 0 aliphatic heterocycles. The number of aromatic nitrogens is 6. The Hall–Kier alpha value is -5.06. The summed E-state index contributed by atoms with van der Waals surface area (Å²) in [5.41, 5.74) is 2.30. The van der Waals surface area contributed by atoms with Crippen molar-refractivity contribution < 1.29 is 9.53 Å². The SMILES string of the molecule is COc1ccc(CNC(=O)c2ccc3c(c2)c(=O)n(Cc2ccc(-c4nnn(C)n4)cc2)c(=O)n3C)cc1. The van der Waals surface area contributed by atoms with Crippen LogP contribution >= 0.6 is 0 Å². The van der Waals surface area contributed by atoms with E-state index in [2.05, 4.69) is 20.7 Å². The number of nitrogens with zero attached hydrogens (tertiary/aromatic N) is 6. The molecule has 0 saturated heterocycles. The van der Waals surface area contributed by atoms with Gasteiger partial charge in [-0.25, -0.2) is 4.79 Å². The predicted molar refractivity (Wildman–Crippen MR) is 141 cm³/mol. The summed E-state index contributed by atoms with van der Waals surface area (Å²) in [5.74, 6) is 0.890. The van der Waals surface area contributed by atoms with Gasteiger partial charge in [-0.15, -0.1) is 10.2 Å². The second kappa shape index (κ2) is 10.1. The Bertz CT molecular complexity index is 1750. The van der Waals surface area contributed by atoms with Crippen LogP contribution in [0.25, 0.3) is 22.3 Å². The summed E-state index contributed by atoms with van der Waals surface area (Å²) in [4.78, 5) is 40.6. The van der Waals surface area contributed by atoms with E-state index in [4.69, 9.17) is 4.74 Å². The molecule has 0 atom stereocenters. The summed E-state index contributed by atoms with van der Waals surface area (Å²) in [5, 5.41) is 15.1. The Morgan fingerprint density at radius 1 is 0.947 bits per heavy atom. The molecule has 0 spiro atoms. The van der Waals surface area contributed by atoms with Gasteiger partial charge in [0.1, 0.15) is 5.75 Å². The van der Waals surface area contributed by atoms with E-state index in [0.717, 1.165) is 27.0 Å². The molecule has 5 rings (SSSR count). The van der Waals surface area contributed by atoms with Crippen molar-refractivity contribution in [3.8, 4) is 17.1 Å². The molecule has 11 nitrogen and oxygen atoms in total. The Kier molecular flexibility index (Phi) is 6.56. The average Bonchev–Trinajstić information content (AvgIpc) is 3.39. The molecule has 2 aromatic heterocycles. The molecule has 0 bridgehead atoms. The number of hydrogen-bond donors (Lipinski definition) is 1. The maximum atomic E-state index is 13.4. The number of ether oxygens (including phenoxy) is 1. The summed E-state index contributed by atoms with van der Waals surface area (Å²) in [7, 11) is 4.88. The molecule has 0 saturated carbocycles. The van der Waals surface area contributed by atoms with Crippen LogP contribution in [-0.4, -0.2) is 42.4 Å². The molecule has 2 heterocycles. The van der Waals surface area contributed by atoms with Crippen LogP contribution in [0.5, 0.6) is 5.75 Å². The van der Waals surface area contributed by atoms with E-state index < -0.39 is 11.2 Å². The highest BCUT2D eigenvalue weighted by molar-refractivity contribution is 5.97. The highest BCUT2D eigenvalue weighted by Crippen LogP contribution is 2.16. The molecule has 0 aliphatic rings. The van der Waals surface area contributed by atoms with Crippen molar-refractivity contribution in [1.82, 2.24) is 34.7 Å². The van der Waals surface area contributed by atoms with Crippen molar-refractivity contribution in [3.05, 3.63) is 104 Å². The molecule has 0 fully saturated rings. The molecule has 11 heteroatoms. The van der Waals surface area contributed by atoms with Crippen molar-refractivity contribution >= 4 is 16.8 Å². The fraction of sp³-hybridized carbons (Fsp3) is 0.185. The maximum Gasteiger partial charge on any atom is 0.331 e. The normalized spacial score (nSPS) is 11.0. The van der Waals surface area contributed by atoms with Crippen molar-refractivity contribution in [2.75, 3.05) is 7.11 Å². The van der Waals surface area contributed by atoms with E-state index in [1.54, 1.807) is 33.3 Å². The number of carbonyl (C=O) groups is 1. The number of benzene rings is 3. The fourth-order valence-electron chi connectivity index (χ4n) is 4.17. The summed E-state index contributed by atoms with van der Waals surface area (Å²) >= 11 is 0. The van der Waals surface area contributed by atoms with Gasteiger partial charge in [0.05, 0.1) is 31.6 Å². The topological polar surface area (TPSA) is 126 Å². The van der Waals surface area contributed by atoms with Gasteiger partial charge in [-0.05, 0) is 46.7 Å². The first kappa shape index (κ1) is 24.6. The van der Waals surface area contributed by atoms with Crippen LogP contribution in [0, 0.1) is 0 Å². The highest BCUT2D eigenvalue weighted by Gasteiger charge is 2.15. The molecule has 1 N–H and O–H groups in total. The average molecular weight is 512 g/mol. The minimum Gasteiger partial charge on any atom is -0.497 e. The molecule has 192 valence electrons. The van der Waals surface area contributed by atoms with Gasteiger partial charge in [0.15, 0.2) is 0 Å². The van der Waals surface area contributed by atoms with E-state index in [9.17, 15) is 14.4 Å². The summed E-state index contributed by atoms with van der Waals surface area (Å²) in [6, 6.07) is 19.4. The molecule has 3 aromatic carbocycles. The Balaban J connectivity index is 1.40. The van der Waals surface area contributed by atoms with Gasteiger partial charge in [-0.2, -0.15) is 4.80 Å². The molecule has 5 aromatic rings. The van der Waals surface area contributed by atoms with E-state index in [-0.39, 0.29) is 17.8 Å². The van der Waals surface area contributed by atoms with Gasteiger partial charge in [-0.1, -0.05) is 36.4 Å². The summed E-state index contributed by atoms with van der Waals surface area (Å²) < 4.78 is 7.73. The van der Waals surface area contributed by atoms with Gasteiger partial charge in [-0.3, -0.25) is 18.7 Å². The van der Waals surface area contributed by atoms with Gasteiger partial charge >= 0.3 is 5.69 Å². The number of tetrazole rings is 1. The fourth-order valence-corrected chi connectivity index (χ4v) is 4.17. The zero-order valence-corrected chi connectivity index (χ0v) is 21.1. The number of nitrogens with one attached hydrogen (secondary N) is 1. The molecule has 38 heavy (non-hydrogen) atoms. The van der Waals surface area contributed by atoms with Crippen LogP contribution < -0.4 is 21.3 Å². The smallest absolute Gasteiger partial charge is 0.331 e. The molecular formula is C27H25N7O4. The lowest BCUT2D eigenvalue weighted by molar-refractivity contribution is 0.0951. The predicted octanol–water partition coefficient (Wildman–Crippen LogP) is 1.88. The number of amides is 1. The lowest BCUT2D eigenvalue weighted by Gasteiger charge is -2.12. The number of methoxy groups -OCH3 is 1. The van der Waals surface area contributed by atoms with Crippen LogP contribution in [0.4, 0.5) is 0 Å². The van der Waals surface area contributed by atoms with Crippen LogP contribution in [0.3, 0.4) is 0 Å². The zero-order valence-electron chi connectivity index (χ0n) is 21.1. The van der Waals surface area contributed by atoms with Gasteiger partial charge in [0, 0.05) is 24.7 Å². The van der Waals surface area contributed by atoms with Crippen LogP contribution in [0.15, 0.2) is 76.3 Å². The summed E-state index contributed by atoms with van der Waals surface area (Å²) in [6.45, 7) is 0.391. The van der Waals surface area contributed by atoms with Gasteiger partial charge in [0.25, 0.3) is 11.5 Å². The van der Waals surface area contributed by atoms with E-state index in [0.29, 0.717) is 23.4 Å². The van der Waals surface area contributed by atoms with E-state index in [1.807, 2.05) is 48.5 Å². The monoisotopic (exact) mass is 511 g/mol. The van der Waals surface area contributed by atoms with Crippen molar-refractivity contribution in [2.24, 2.45) is 14.1 Å². The molecule has 0 unspecified atom stereocenters.